The minimum Gasteiger partial charge on any atom is -0.463 e. The Morgan fingerprint density at radius 3 is 2.48 bits per heavy atom. The van der Waals surface area contributed by atoms with E-state index in [4.69, 9.17) is 10.2 Å². The monoisotopic (exact) mass is 276 g/mol. The predicted molar refractivity (Wildman–Crippen MR) is 80.5 cm³/mol. The highest BCUT2D eigenvalue weighted by Crippen LogP contribution is 2.24. The first-order valence-electron chi connectivity index (χ1n) is 6.56. The molecule has 3 aromatic heterocycles. The van der Waals surface area contributed by atoms with Crippen molar-refractivity contribution in [1.82, 2.24) is 14.4 Å². The standard InChI is InChI=1S/C16H12N4O/c17-15-16-19-13(14-7-4-8-21-14)10-20(16)9-12(18-15)11-5-2-1-3-6-11/h1-10H,(H2,17,18). The van der Waals surface area contributed by atoms with Crippen LogP contribution >= 0.6 is 0 Å². The van der Waals surface area contributed by atoms with Gasteiger partial charge in [0.25, 0.3) is 0 Å². The maximum atomic E-state index is 6.04. The van der Waals surface area contributed by atoms with Gasteiger partial charge in [-0.2, -0.15) is 0 Å². The van der Waals surface area contributed by atoms with E-state index in [1.807, 2.05) is 59.3 Å². The van der Waals surface area contributed by atoms with Crippen molar-refractivity contribution >= 4 is 11.5 Å². The van der Waals surface area contributed by atoms with Gasteiger partial charge in [0, 0.05) is 18.0 Å². The van der Waals surface area contributed by atoms with Gasteiger partial charge in [0.2, 0.25) is 0 Å². The Labute approximate surface area is 120 Å². The fourth-order valence-corrected chi connectivity index (χ4v) is 2.31. The van der Waals surface area contributed by atoms with E-state index in [0.29, 0.717) is 17.2 Å². The summed E-state index contributed by atoms with van der Waals surface area (Å²) in [7, 11) is 0. The van der Waals surface area contributed by atoms with Gasteiger partial charge in [-0.3, -0.25) is 0 Å². The highest BCUT2D eigenvalue weighted by Gasteiger charge is 2.11. The van der Waals surface area contributed by atoms with Gasteiger partial charge in [0.1, 0.15) is 5.69 Å². The van der Waals surface area contributed by atoms with Crippen LogP contribution in [-0.4, -0.2) is 14.4 Å². The molecule has 0 radical (unpaired) electrons. The Kier molecular flexibility index (Phi) is 2.50. The number of fused-ring (bicyclic) bond motifs is 1. The lowest BCUT2D eigenvalue weighted by Gasteiger charge is -2.03. The Morgan fingerprint density at radius 1 is 0.905 bits per heavy atom. The Hall–Kier alpha value is -3.08. The van der Waals surface area contributed by atoms with Gasteiger partial charge in [0.15, 0.2) is 17.2 Å². The van der Waals surface area contributed by atoms with E-state index in [-0.39, 0.29) is 0 Å². The number of benzene rings is 1. The summed E-state index contributed by atoms with van der Waals surface area (Å²) in [6.45, 7) is 0. The summed E-state index contributed by atoms with van der Waals surface area (Å²) in [5.74, 6) is 1.11. The van der Waals surface area contributed by atoms with Crippen molar-refractivity contribution in [2.45, 2.75) is 0 Å². The van der Waals surface area contributed by atoms with Gasteiger partial charge in [-0.25, -0.2) is 9.97 Å². The zero-order chi connectivity index (χ0) is 14.2. The van der Waals surface area contributed by atoms with Gasteiger partial charge in [-0.1, -0.05) is 30.3 Å². The smallest absolute Gasteiger partial charge is 0.180 e. The Balaban J connectivity index is 1.90. The first kappa shape index (κ1) is 11.7. The molecule has 4 aromatic rings. The third kappa shape index (κ3) is 1.95. The molecule has 0 saturated carbocycles. The predicted octanol–water partition coefficient (Wildman–Crippen LogP) is 3.24. The van der Waals surface area contributed by atoms with Crippen LogP contribution in [0.3, 0.4) is 0 Å². The summed E-state index contributed by atoms with van der Waals surface area (Å²) in [5, 5.41) is 0. The molecular formula is C16H12N4O. The van der Waals surface area contributed by atoms with Gasteiger partial charge < -0.3 is 14.6 Å². The molecule has 0 aliphatic rings. The molecule has 0 aliphatic carbocycles. The SMILES string of the molecule is Nc1nc(-c2ccccc2)cn2cc(-c3ccco3)nc12. The van der Waals surface area contributed by atoms with Crippen LogP contribution in [0.5, 0.6) is 0 Å². The molecule has 4 rings (SSSR count). The number of furan rings is 1. The number of nitrogen functional groups attached to an aromatic ring is 1. The lowest BCUT2D eigenvalue weighted by Crippen LogP contribution is -1.98. The minimum atomic E-state index is 0.397. The largest absolute Gasteiger partial charge is 0.463 e. The molecule has 0 fully saturated rings. The third-order valence-corrected chi connectivity index (χ3v) is 3.31. The lowest BCUT2D eigenvalue weighted by atomic mass is 10.2. The molecule has 0 spiro atoms. The average Bonchev–Trinajstić information content (AvgIpc) is 3.17. The van der Waals surface area contributed by atoms with Gasteiger partial charge >= 0.3 is 0 Å². The van der Waals surface area contributed by atoms with Crippen LogP contribution in [0.4, 0.5) is 5.82 Å². The summed E-state index contributed by atoms with van der Waals surface area (Å²) in [6.07, 6.45) is 5.43. The van der Waals surface area contributed by atoms with E-state index in [1.165, 1.54) is 0 Å². The summed E-state index contributed by atoms with van der Waals surface area (Å²) >= 11 is 0. The van der Waals surface area contributed by atoms with Crippen LogP contribution < -0.4 is 5.73 Å². The molecule has 0 aliphatic heterocycles. The van der Waals surface area contributed by atoms with E-state index in [9.17, 15) is 0 Å². The van der Waals surface area contributed by atoms with Crippen molar-refractivity contribution in [2.75, 3.05) is 5.73 Å². The normalized spacial score (nSPS) is 11.0. The first-order chi connectivity index (χ1) is 10.3. The van der Waals surface area contributed by atoms with Crippen molar-refractivity contribution in [1.29, 1.82) is 0 Å². The van der Waals surface area contributed by atoms with E-state index in [0.717, 1.165) is 17.0 Å². The molecule has 0 saturated heterocycles. The number of anilines is 1. The molecule has 5 heteroatoms. The second kappa shape index (κ2) is 4.49. The van der Waals surface area contributed by atoms with Crippen LogP contribution in [0.2, 0.25) is 0 Å². The van der Waals surface area contributed by atoms with Crippen molar-refractivity contribution in [2.24, 2.45) is 0 Å². The van der Waals surface area contributed by atoms with Crippen LogP contribution in [0.25, 0.3) is 28.4 Å². The zero-order valence-electron chi connectivity index (χ0n) is 11.1. The second-order valence-electron chi connectivity index (χ2n) is 4.71. The number of rotatable bonds is 2. The average molecular weight is 276 g/mol. The fraction of sp³-hybridized carbons (Fsp3) is 0. The first-order valence-corrected chi connectivity index (χ1v) is 6.56. The third-order valence-electron chi connectivity index (χ3n) is 3.31. The van der Waals surface area contributed by atoms with Crippen LogP contribution in [-0.2, 0) is 0 Å². The van der Waals surface area contributed by atoms with Gasteiger partial charge in [-0.05, 0) is 12.1 Å². The van der Waals surface area contributed by atoms with Crippen molar-refractivity contribution < 1.29 is 4.42 Å². The number of nitrogens with zero attached hydrogens (tertiary/aromatic N) is 3. The molecule has 2 N–H and O–H groups in total. The minimum absolute atomic E-state index is 0.397. The molecular weight excluding hydrogens is 264 g/mol. The van der Waals surface area contributed by atoms with E-state index < -0.39 is 0 Å². The van der Waals surface area contributed by atoms with Gasteiger partial charge in [-0.15, -0.1) is 0 Å². The number of hydrogen-bond donors (Lipinski definition) is 1. The summed E-state index contributed by atoms with van der Waals surface area (Å²) < 4.78 is 7.24. The summed E-state index contributed by atoms with van der Waals surface area (Å²) in [6, 6.07) is 13.6. The quantitative estimate of drug-likeness (QED) is 0.610. The van der Waals surface area contributed by atoms with Crippen molar-refractivity contribution in [3.63, 3.8) is 0 Å². The zero-order valence-corrected chi connectivity index (χ0v) is 11.1. The highest BCUT2D eigenvalue weighted by molar-refractivity contribution is 5.70. The van der Waals surface area contributed by atoms with Gasteiger partial charge in [0.05, 0.1) is 12.0 Å². The topological polar surface area (TPSA) is 69.3 Å². The molecule has 3 heterocycles. The maximum absolute atomic E-state index is 6.04. The van der Waals surface area contributed by atoms with Crippen molar-refractivity contribution in [3.05, 3.63) is 61.1 Å². The lowest BCUT2D eigenvalue weighted by molar-refractivity contribution is 0.580. The van der Waals surface area contributed by atoms with E-state index in [1.54, 1.807) is 6.26 Å². The molecule has 1 aromatic carbocycles. The van der Waals surface area contributed by atoms with Crippen LogP contribution in [0.1, 0.15) is 0 Å². The van der Waals surface area contributed by atoms with Crippen molar-refractivity contribution in [3.8, 4) is 22.7 Å². The number of imidazole rings is 1. The molecule has 0 bridgehead atoms. The number of hydrogen-bond acceptors (Lipinski definition) is 4. The molecule has 0 atom stereocenters. The molecule has 102 valence electrons. The molecule has 21 heavy (non-hydrogen) atoms. The number of aromatic nitrogens is 3. The number of nitrogens with two attached hydrogens (primary N) is 1. The van der Waals surface area contributed by atoms with E-state index >= 15 is 0 Å². The Bertz CT molecular complexity index is 895. The molecule has 5 nitrogen and oxygen atoms in total. The summed E-state index contributed by atoms with van der Waals surface area (Å²) in [4.78, 5) is 8.90. The molecule has 0 unspecified atom stereocenters. The second-order valence-corrected chi connectivity index (χ2v) is 4.71. The van der Waals surface area contributed by atoms with Crippen LogP contribution in [0, 0.1) is 0 Å². The molecule has 0 amide bonds. The van der Waals surface area contributed by atoms with E-state index in [2.05, 4.69) is 9.97 Å². The maximum Gasteiger partial charge on any atom is 0.180 e. The summed E-state index contributed by atoms with van der Waals surface area (Å²) in [5.41, 5.74) is 9.22. The Morgan fingerprint density at radius 2 is 1.71 bits per heavy atom. The fourth-order valence-electron chi connectivity index (χ4n) is 2.31. The highest BCUT2D eigenvalue weighted by atomic mass is 16.3. The van der Waals surface area contributed by atoms with Crippen LogP contribution in [0.15, 0.2) is 65.5 Å².